The number of methoxy groups -OCH3 is 1. The van der Waals surface area contributed by atoms with Crippen LogP contribution in [-0.2, 0) is 11.3 Å². The van der Waals surface area contributed by atoms with E-state index < -0.39 is 11.3 Å². The maximum Gasteiger partial charge on any atom is 0.254 e. The second-order valence-electron chi connectivity index (χ2n) is 6.48. The molecule has 24 heavy (non-hydrogen) atoms. The number of carbonyl (C=O) groups excluding carboxylic acids is 2. The summed E-state index contributed by atoms with van der Waals surface area (Å²) in [6, 6.07) is 7.45. The predicted molar refractivity (Wildman–Crippen MR) is 90.9 cm³/mol. The molecule has 7 nitrogen and oxygen atoms in total. The number of primary amides is 1. The zero-order valence-corrected chi connectivity index (χ0v) is 14.3. The van der Waals surface area contributed by atoms with Gasteiger partial charge in [-0.3, -0.25) is 9.59 Å². The number of nitrogens with zero attached hydrogens (tertiary/aromatic N) is 2. The van der Waals surface area contributed by atoms with Gasteiger partial charge in [-0.15, -0.1) is 0 Å². The highest BCUT2D eigenvalue weighted by Crippen LogP contribution is 2.22. The molecule has 1 aromatic carbocycles. The first-order chi connectivity index (χ1) is 11.2. The number of anilines is 1. The average Bonchev–Trinajstić information content (AvgIpc) is 2.90. The van der Waals surface area contributed by atoms with Crippen LogP contribution in [0.3, 0.4) is 0 Å². The second-order valence-corrected chi connectivity index (χ2v) is 6.48. The zero-order valence-electron chi connectivity index (χ0n) is 14.3. The molecule has 0 unspecified atom stereocenters. The number of hydrogen-bond acceptors (Lipinski definition) is 4. The number of carbonyl (C=O) groups is 2. The first kappa shape index (κ1) is 17.5. The molecule has 0 bridgehead atoms. The Balaban J connectivity index is 2.32. The van der Waals surface area contributed by atoms with E-state index in [4.69, 9.17) is 10.5 Å². The van der Waals surface area contributed by atoms with Gasteiger partial charge in [-0.05, 0) is 17.7 Å². The summed E-state index contributed by atoms with van der Waals surface area (Å²) in [6.07, 6.45) is 1.37. The minimum Gasteiger partial charge on any atom is -0.497 e. The molecule has 0 saturated carbocycles. The molecular weight excluding hydrogens is 308 g/mol. The Morgan fingerprint density at radius 2 is 1.88 bits per heavy atom. The molecule has 3 N–H and O–H groups in total. The molecule has 1 aromatic heterocycles. The standard InChI is InChI=1S/C17H22N4O3/c1-17(2,3)16(23)20-15-13(14(18)22)9-19-21(15)10-11-5-7-12(24-4)8-6-11/h5-9H,10H2,1-4H3,(H2,18,22)(H,20,23). The molecule has 7 heteroatoms. The Labute approximate surface area is 140 Å². The number of ether oxygens (including phenoxy) is 1. The van der Waals surface area contributed by atoms with Crippen molar-refractivity contribution in [2.24, 2.45) is 11.1 Å². The van der Waals surface area contributed by atoms with E-state index in [1.807, 2.05) is 24.3 Å². The fourth-order valence-electron chi connectivity index (χ4n) is 2.02. The second kappa shape index (κ2) is 6.74. The summed E-state index contributed by atoms with van der Waals surface area (Å²) in [5.41, 5.74) is 5.90. The third-order valence-corrected chi connectivity index (χ3v) is 3.51. The number of rotatable bonds is 5. The first-order valence-corrected chi connectivity index (χ1v) is 7.52. The van der Waals surface area contributed by atoms with Gasteiger partial charge in [0.15, 0.2) is 0 Å². The summed E-state index contributed by atoms with van der Waals surface area (Å²) in [6.45, 7) is 5.75. The molecule has 2 aromatic rings. The van der Waals surface area contributed by atoms with Crippen LogP contribution in [0.15, 0.2) is 30.5 Å². The van der Waals surface area contributed by atoms with E-state index in [1.165, 1.54) is 6.20 Å². The van der Waals surface area contributed by atoms with Crippen LogP contribution >= 0.6 is 0 Å². The molecule has 0 aliphatic heterocycles. The Morgan fingerprint density at radius 3 is 2.38 bits per heavy atom. The number of nitrogens with one attached hydrogen (secondary N) is 1. The van der Waals surface area contributed by atoms with Crippen LogP contribution in [0.4, 0.5) is 5.82 Å². The van der Waals surface area contributed by atoms with Crippen molar-refractivity contribution in [3.8, 4) is 5.75 Å². The van der Waals surface area contributed by atoms with Crippen LogP contribution in [-0.4, -0.2) is 28.7 Å². The average molecular weight is 330 g/mol. The normalized spacial score (nSPS) is 11.2. The maximum absolute atomic E-state index is 12.3. The highest BCUT2D eigenvalue weighted by atomic mass is 16.5. The van der Waals surface area contributed by atoms with Gasteiger partial charge < -0.3 is 15.8 Å². The van der Waals surface area contributed by atoms with Gasteiger partial charge >= 0.3 is 0 Å². The quantitative estimate of drug-likeness (QED) is 0.876. The fraction of sp³-hybridized carbons (Fsp3) is 0.353. The summed E-state index contributed by atoms with van der Waals surface area (Å²) in [5.74, 6) is 0.193. The zero-order chi connectivity index (χ0) is 17.9. The van der Waals surface area contributed by atoms with Gasteiger partial charge in [0.2, 0.25) is 5.91 Å². The van der Waals surface area contributed by atoms with Crippen molar-refractivity contribution < 1.29 is 14.3 Å². The lowest BCUT2D eigenvalue weighted by molar-refractivity contribution is -0.123. The monoisotopic (exact) mass is 330 g/mol. The van der Waals surface area contributed by atoms with Crippen molar-refractivity contribution in [1.82, 2.24) is 9.78 Å². The van der Waals surface area contributed by atoms with Gasteiger partial charge in [-0.1, -0.05) is 32.9 Å². The van der Waals surface area contributed by atoms with Gasteiger partial charge in [0.05, 0.1) is 19.9 Å². The molecule has 0 saturated heterocycles. The van der Waals surface area contributed by atoms with E-state index in [0.717, 1.165) is 11.3 Å². The van der Waals surface area contributed by atoms with Crippen molar-refractivity contribution >= 4 is 17.6 Å². The predicted octanol–water partition coefficient (Wildman–Crippen LogP) is 2.02. The smallest absolute Gasteiger partial charge is 0.254 e. The molecular formula is C17H22N4O3. The Bertz CT molecular complexity index is 742. The number of nitrogens with two attached hydrogens (primary N) is 1. The van der Waals surface area contributed by atoms with E-state index in [0.29, 0.717) is 12.4 Å². The fourth-order valence-corrected chi connectivity index (χ4v) is 2.02. The van der Waals surface area contributed by atoms with E-state index in [9.17, 15) is 9.59 Å². The van der Waals surface area contributed by atoms with Crippen LogP contribution < -0.4 is 15.8 Å². The topological polar surface area (TPSA) is 99.2 Å². The number of aromatic nitrogens is 2. The van der Waals surface area contributed by atoms with Crippen LogP contribution in [0.2, 0.25) is 0 Å². The highest BCUT2D eigenvalue weighted by Gasteiger charge is 2.25. The minimum atomic E-state index is -0.639. The summed E-state index contributed by atoms with van der Waals surface area (Å²) in [5, 5.41) is 6.94. The minimum absolute atomic E-state index is 0.182. The molecule has 0 atom stereocenters. The van der Waals surface area contributed by atoms with Gasteiger partial charge in [0.1, 0.15) is 17.1 Å². The number of hydrogen-bond donors (Lipinski definition) is 2. The summed E-state index contributed by atoms with van der Waals surface area (Å²) in [7, 11) is 1.60. The molecule has 0 aliphatic carbocycles. The summed E-state index contributed by atoms with van der Waals surface area (Å²) in [4.78, 5) is 23.9. The van der Waals surface area contributed by atoms with Crippen molar-refractivity contribution in [2.45, 2.75) is 27.3 Å². The Morgan fingerprint density at radius 1 is 1.25 bits per heavy atom. The van der Waals surface area contributed by atoms with E-state index in [2.05, 4.69) is 10.4 Å². The lowest BCUT2D eigenvalue weighted by Gasteiger charge is -2.19. The molecule has 1 heterocycles. The van der Waals surface area contributed by atoms with Crippen molar-refractivity contribution in [2.75, 3.05) is 12.4 Å². The number of benzene rings is 1. The van der Waals surface area contributed by atoms with Gasteiger partial charge in [0, 0.05) is 5.41 Å². The third kappa shape index (κ3) is 3.92. The lowest BCUT2D eigenvalue weighted by atomic mass is 9.96. The summed E-state index contributed by atoms with van der Waals surface area (Å²) >= 11 is 0. The largest absolute Gasteiger partial charge is 0.497 e. The first-order valence-electron chi connectivity index (χ1n) is 7.52. The lowest BCUT2D eigenvalue weighted by Crippen LogP contribution is -2.30. The van der Waals surface area contributed by atoms with E-state index >= 15 is 0 Å². The van der Waals surface area contributed by atoms with Crippen molar-refractivity contribution in [3.63, 3.8) is 0 Å². The molecule has 0 aliphatic rings. The summed E-state index contributed by atoms with van der Waals surface area (Å²) < 4.78 is 6.68. The molecule has 0 fully saturated rings. The SMILES string of the molecule is COc1ccc(Cn2ncc(C(N)=O)c2NC(=O)C(C)(C)C)cc1. The van der Waals surface area contributed by atoms with Crippen molar-refractivity contribution in [3.05, 3.63) is 41.6 Å². The van der Waals surface area contributed by atoms with Gasteiger partial charge in [0.25, 0.3) is 5.91 Å². The molecule has 2 rings (SSSR count). The van der Waals surface area contributed by atoms with Gasteiger partial charge in [-0.2, -0.15) is 5.10 Å². The van der Waals surface area contributed by atoms with Crippen LogP contribution in [0.25, 0.3) is 0 Å². The van der Waals surface area contributed by atoms with E-state index in [1.54, 1.807) is 32.6 Å². The highest BCUT2D eigenvalue weighted by molar-refractivity contribution is 6.03. The number of amides is 2. The van der Waals surface area contributed by atoms with Gasteiger partial charge in [-0.25, -0.2) is 4.68 Å². The Kier molecular flexibility index (Phi) is 4.92. The molecule has 0 radical (unpaired) electrons. The molecule has 128 valence electrons. The maximum atomic E-state index is 12.3. The van der Waals surface area contributed by atoms with E-state index in [-0.39, 0.29) is 11.5 Å². The molecule has 0 spiro atoms. The third-order valence-electron chi connectivity index (χ3n) is 3.51. The van der Waals surface area contributed by atoms with Crippen LogP contribution in [0.5, 0.6) is 5.75 Å². The van der Waals surface area contributed by atoms with Crippen LogP contribution in [0.1, 0.15) is 36.7 Å². The van der Waals surface area contributed by atoms with Crippen LogP contribution in [0, 0.1) is 5.41 Å². The van der Waals surface area contributed by atoms with Crippen molar-refractivity contribution in [1.29, 1.82) is 0 Å². The Hall–Kier alpha value is -2.83. The molecule has 2 amide bonds.